The van der Waals surface area contributed by atoms with Gasteiger partial charge in [-0.2, -0.15) is 0 Å². The van der Waals surface area contributed by atoms with Gasteiger partial charge in [-0.25, -0.2) is 4.39 Å². The first kappa shape index (κ1) is 23.7. The average molecular weight is 473 g/mol. The lowest BCUT2D eigenvalue weighted by molar-refractivity contribution is -0.136. The molecule has 2 aliphatic rings. The zero-order chi connectivity index (χ0) is 23.2. The number of fused-ring (bicyclic) bond motifs is 1. The Balaban J connectivity index is 1.42. The zero-order valence-electron chi connectivity index (χ0n) is 18.5. The highest BCUT2D eigenvalue weighted by Crippen LogP contribution is 2.34. The SMILES string of the molecule is C#CCOC[C@@H](O)CN(CC(=O)N1CCc2sccc2[C@@H]1COc1cccc(F)c1)C1CC1. The summed E-state index contributed by atoms with van der Waals surface area (Å²) in [7, 11) is 0. The van der Waals surface area contributed by atoms with E-state index in [2.05, 4.69) is 5.92 Å². The molecular weight excluding hydrogens is 443 g/mol. The molecule has 2 atom stereocenters. The van der Waals surface area contributed by atoms with Gasteiger partial charge in [0.05, 0.1) is 25.3 Å². The molecule has 0 unspecified atom stereocenters. The van der Waals surface area contributed by atoms with E-state index in [4.69, 9.17) is 15.9 Å². The number of thiophene rings is 1. The third kappa shape index (κ3) is 6.33. The van der Waals surface area contributed by atoms with Gasteiger partial charge in [-0.1, -0.05) is 12.0 Å². The molecule has 1 aliphatic heterocycles. The Labute approximate surface area is 197 Å². The third-order valence-electron chi connectivity index (χ3n) is 5.96. The number of rotatable bonds is 11. The van der Waals surface area contributed by atoms with E-state index in [0.717, 1.165) is 24.8 Å². The van der Waals surface area contributed by atoms with Crippen LogP contribution in [0.15, 0.2) is 35.7 Å². The van der Waals surface area contributed by atoms with Crippen LogP contribution in [0.25, 0.3) is 0 Å². The van der Waals surface area contributed by atoms with Crippen LogP contribution in [-0.4, -0.2) is 72.4 Å². The minimum absolute atomic E-state index is 0.00309. The summed E-state index contributed by atoms with van der Waals surface area (Å²) >= 11 is 1.69. The minimum atomic E-state index is -0.705. The summed E-state index contributed by atoms with van der Waals surface area (Å²) in [5.41, 5.74) is 1.09. The number of nitrogens with zero attached hydrogens (tertiary/aromatic N) is 2. The van der Waals surface area contributed by atoms with E-state index in [1.807, 2.05) is 21.2 Å². The Kier molecular flexibility index (Phi) is 7.99. The molecule has 1 aliphatic carbocycles. The van der Waals surface area contributed by atoms with Gasteiger partial charge >= 0.3 is 0 Å². The number of aliphatic hydroxyl groups excluding tert-OH is 1. The molecule has 176 valence electrons. The second-order valence-corrected chi connectivity index (χ2v) is 9.45. The number of amides is 1. The number of hydrogen-bond donors (Lipinski definition) is 1. The lowest BCUT2D eigenvalue weighted by Crippen LogP contribution is -2.48. The van der Waals surface area contributed by atoms with Crippen LogP contribution in [0.5, 0.6) is 5.75 Å². The first-order valence-electron chi connectivity index (χ1n) is 11.2. The highest BCUT2D eigenvalue weighted by Gasteiger charge is 2.36. The number of carbonyl (C=O) groups excluding carboxylic acids is 1. The van der Waals surface area contributed by atoms with Gasteiger partial charge in [0, 0.05) is 30.1 Å². The topological polar surface area (TPSA) is 62.2 Å². The van der Waals surface area contributed by atoms with Crippen LogP contribution >= 0.6 is 11.3 Å². The second kappa shape index (κ2) is 11.1. The highest BCUT2D eigenvalue weighted by atomic mass is 32.1. The molecule has 1 aromatic heterocycles. The molecular formula is C25H29FN2O4S. The van der Waals surface area contributed by atoms with E-state index in [1.165, 1.54) is 17.0 Å². The number of hydrogen-bond acceptors (Lipinski definition) is 6. The molecule has 0 radical (unpaired) electrons. The Bertz CT molecular complexity index is 987. The predicted octanol–water partition coefficient (Wildman–Crippen LogP) is 2.87. The van der Waals surface area contributed by atoms with Gasteiger partial charge in [-0.3, -0.25) is 9.69 Å². The summed E-state index contributed by atoms with van der Waals surface area (Å²) in [6, 6.07) is 8.16. The van der Waals surface area contributed by atoms with Crippen molar-refractivity contribution in [1.82, 2.24) is 9.80 Å². The number of halogens is 1. The van der Waals surface area contributed by atoms with Crippen LogP contribution in [0.2, 0.25) is 0 Å². The Morgan fingerprint density at radius 3 is 3.00 bits per heavy atom. The first-order chi connectivity index (χ1) is 16.0. The van der Waals surface area contributed by atoms with Crippen LogP contribution < -0.4 is 4.74 Å². The molecule has 1 fully saturated rings. The Hall–Kier alpha value is -2.44. The summed E-state index contributed by atoms with van der Waals surface area (Å²) < 4.78 is 24.7. The molecule has 0 bridgehead atoms. The molecule has 6 nitrogen and oxygen atoms in total. The Morgan fingerprint density at radius 2 is 2.24 bits per heavy atom. The fourth-order valence-corrected chi connectivity index (χ4v) is 5.16. The summed E-state index contributed by atoms with van der Waals surface area (Å²) in [5, 5.41) is 12.4. The van der Waals surface area contributed by atoms with Crippen molar-refractivity contribution in [2.75, 3.05) is 39.5 Å². The molecule has 4 rings (SSSR count). The molecule has 2 heterocycles. The largest absolute Gasteiger partial charge is 0.491 e. The van der Waals surface area contributed by atoms with Crippen molar-refractivity contribution in [3.8, 4) is 18.1 Å². The maximum Gasteiger partial charge on any atom is 0.237 e. The number of aliphatic hydroxyl groups is 1. The lowest BCUT2D eigenvalue weighted by Gasteiger charge is -2.37. The summed E-state index contributed by atoms with van der Waals surface area (Å²) in [6.45, 7) is 1.76. The smallest absolute Gasteiger partial charge is 0.237 e. The molecule has 1 N–H and O–H groups in total. The summed E-state index contributed by atoms with van der Waals surface area (Å²) in [6.07, 6.45) is 7.33. The van der Waals surface area contributed by atoms with Gasteiger partial charge < -0.3 is 19.5 Å². The van der Waals surface area contributed by atoms with Gasteiger partial charge in [0.15, 0.2) is 0 Å². The molecule has 1 aromatic carbocycles. The molecule has 0 saturated heterocycles. The van der Waals surface area contributed by atoms with E-state index >= 15 is 0 Å². The fourth-order valence-electron chi connectivity index (χ4n) is 4.23. The molecule has 2 aromatic rings. The number of benzene rings is 1. The lowest BCUT2D eigenvalue weighted by atomic mass is 10.0. The quantitative estimate of drug-likeness (QED) is 0.403. The van der Waals surface area contributed by atoms with Crippen LogP contribution in [0, 0.1) is 18.2 Å². The number of ether oxygens (including phenoxy) is 2. The van der Waals surface area contributed by atoms with Gasteiger partial charge in [0.1, 0.15) is 24.8 Å². The fraction of sp³-hybridized carbons (Fsp3) is 0.480. The van der Waals surface area contributed by atoms with Crippen molar-refractivity contribution in [1.29, 1.82) is 0 Å². The molecule has 8 heteroatoms. The van der Waals surface area contributed by atoms with Gasteiger partial charge in [0.2, 0.25) is 5.91 Å². The van der Waals surface area contributed by atoms with Crippen molar-refractivity contribution >= 4 is 17.2 Å². The van der Waals surface area contributed by atoms with Crippen molar-refractivity contribution < 1.29 is 23.8 Å². The molecule has 1 amide bonds. The average Bonchev–Trinajstić information content (AvgIpc) is 3.54. The maximum absolute atomic E-state index is 13.6. The van der Waals surface area contributed by atoms with E-state index < -0.39 is 6.10 Å². The minimum Gasteiger partial charge on any atom is -0.491 e. The first-order valence-corrected chi connectivity index (χ1v) is 12.1. The third-order valence-corrected chi connectivity index (χ3v) is 6.96. The van der Waals surface area contributed by atoms with E-state index in [-0.39, 0.29) is 44.1 Å². The van der Waals surface area contributed by atoms with Crippen LogP contribution in [0.1, 0.15) is 29.3 Å². The molecule has 33 heavy (non-hydrogen) atoms. The predicted molar refractivity (Wildman–Crippen MR) is 125 cm³/mol. The monoisotopic (exact) mass is 472 g/mol. The van der Waals surface area contributed by atoms with Crippen molar-refractivity contribution in [3.05, 3.63) is 52.0 Å². The van der Waals surface area contributed by atoms with E-state index in [9.17, 15) is 14.3 Å². The molecule has 1 saturated carbocycles. The van der Waals surface area contributed by atoms with Crippen LogP contribution in [-0.2, 0) is 16.0 Å². The van der Waals surface area contributed by atoms with Crippen LogP contribution in [0.3, 0.4) is 0 Å². The van der Waals surface area contributed by atoms with Crippen molar-refractivity contribution in [2.24, 2.45) is 0 Å². The van der Waals surface area contributed by atoms with Crippen LogP contribution in [0.4, 0.5) is 4.39 Å². The van der Waals surface area contributed by atoms with Crippen molar-refractivity contribution in [2.45, 2.75) is 37.5 Å². The Morgan fingerprint density at radius 1 is 1.39 bits per heavy atom. The van der Waals surface area contributed by atoms with Crippen molar-refractivity contribution in [3.63, 3.8) is 0 Å². The number of carbonyl (C=O) groups is 1. The number of terminal acetylenes is 1. The van der Waals surface area contributed by atoms with Gasteiger partial charge in [-0.05, 0) is 48.4 Å². The second-order valence-electron chi connectivity index (χ2n) is 8.45. The zero-order valence-corrected chi connectivity index (χ0v) is 19.3. The summed E-state index contributed by atoms with van der Waals surface area (Å²) in [4.78, 5) is 18.6. The maximum atomic E-state index is 13.6. The summed E-state index contributed by atoms with van der Waals surface area (Å²) in [5.74, 6) is 2.48. The normalized spacial score (nSPS) is 18.6. The molecule has 0 spiro atoms. The van der Waals surface area contributed by atoms with Gasteiger partial charge in [-0.15, -0.1) is 17.8 Å². The highest BCUT2D eigenvalue weighted by molar-refractivity contribution is 7.10. The van der Waals surface area contributed by atoms with E-state index in [1.54, 1.807) is 23.5 Å². The van der Waals surface area contributed by atoms with E-state index in [0.29, 0.717) is 24.9 Å². The standard InChI is InChI=1S/C25H29FN2O4S/c1-2-11-31-16-20(29)14-27(19-6-7-19)15-25(30)28-10-8-24-22(9-12-33-24)23(28)17-32-21-5-3-4-18(26)13-21/h1,3-5,9,12-13,19-20,23,29H,6-8,10-11,14-17H2/t20-,23-/m0/s1. The van der Waals surface area contributed by atoms with Gasteiger partial charge in [0.25, 0.3) is 0 Å².